The minimum atomic E-state index is -0.403. The van der Waals surface area contributed by atoms with Crippen LogP contribution in [0, 0.1) is 0 Å². The van der Waals surface area contributed by atoms with Gasteiger partial charge in [0.05, 0.1) is 12.0 Å². The number of H-pyrrole nitrogens is 1. The van der Waals surface area contributed by atoms with E-state index in [9.17, 15) is 9.59 Å². The summed E-state index contributed by atoms with van der Waals surface area (Å²) in [6.45, 7) is 1.49. The fraction of sp³-hybridized carbons (Fsp3) is 0.471. The zero-order valence-corrected chi connectivity index (χ0v) is 13.0. The van der Waals surface area contributed by atoms with Crippen molar-refractivity contribution in [3.8, 4) is 0 Å². The van der Waals surface area contributed by atoms with Crippen molar-refractivity contribution in [2.24, 2.45) is 0 Å². The minimum Gasteiger partial charge on any atom is -0.333 e. The first-order chi connectivity index (χ1) is 11.2. The number of rotatable bonds is 2. The monoisotopic (exact) mass is 312 g/mol. The van der Waals surface area contributed by atoms with Crippen molar-refractivity contribution in [1.82, 2.24) is 19.7 Å². The zero-order valence-electron chi connectivity index (χ0n) is 13.0. The maximum Gasteiger partial charge on any atom is 0.343 e. The van der Waals surface area contributed by atoms with Crippen LogP contribution in [0.1, 0.15) is 37.1 Å². The van der Waals surface area contributed by atoms with Gasteiger partial charge in [0, 0.05) is 13.1 Å². The minimum absolute atomic E-state index is 0.183. The van der Waals surface area contributed by atoms with Gasteiger partial charge in [0.15, 0.2) is 5.82 Å². The highest BCUT2D eigenvalue weighted by molar-refractivity contribution is 5.88. The number of nitrogens with zero attached hydrogens (tertiary/aromatic N) is 3. The smallest absolute Gasteiger partial charge is 0.333 e. The molecule has 120 valence electrons. The van der Waals surface area contributed by atoms with E-state index in [2.05, 4.69) is 22.3 Å². The second-order valence-electron chi connectivity index (χ2n) is 6.48. The molecule has 23 heavy (non-hydrogen) atoms. The molecule has 1 saturated carbocycles. The molecule has 0 atom stereocenters. The SMILES string of the molecule is O=C(N1CCn2c(n[nH]c2=O)C1)C1(c2ccccc2)CCCC1. The summed E-state index contributed by atoms with van der Waals surface area (Å²) in [5.74, 6) is 0.832. The first kappa shape index (κ1) is 14.2. The number of amides is 1. The Morgan fingerprint density at radius 2 is 1.87 bits per heavy atom. The van der Waals surface area contributed by atoms with Crippen molar-refractivity contribution < 1.29 is 4.79 Å². The number of hydrogen-bond acceptors (Lipinski definition) is 3. The predicted octanol–water partition coefficient (Wildman–Crippen LogP) is 1.43. The number of fused-ring (bicyclic) bond motifs is 1. The van der Waals surface area contributed by atoms with E-state index in [4.69, 9.17) is 0 Å². The molecule has 1 amide bonds. The fourth-order valence-corrected chi connectivity index (χ4v) is 4.01. The third-order valence-electron chi connectivity index (χ3n) is 5.24. The van der Waals surface area contributed by atoms with Gasteiger partial charge in [-0.25, -0.2) is 9.89 Å². The summed E-state index contributed by atoms with van der Waals surface area (Å²) in [6.07, 6.45) is 3.97. The van der Waals surface area contributed by atoms with Gasteiger partial charge in [-0.15, -0.1) is 0 Å². The number of nitrogens with one attached hydrogen (secondary N) is 1. The summed E-state index contributed by atoms with van der Waals surface area (Å²) in [7, 11) is 0. The molecule has 1 N–H and O–H groups in total. The van der Waals surface area contributed by atoms with Crippen LogP contribution in [0.4, 0.5) is 0 Å². The molecule has 0 bridgehead atoms. The van der Waals surface area contributed by atoms with Crippen LogP contribution in [0.2, 0.25) is 0 Å². The van der Waals surface area contributed by atoms with Crippen molar-refractivity contribution in [2.75, 3.05) is 6.54 Å². The molecule has 1 aromatic heterocycles. The highest BCUT2D eigenvalue weighted by atomic mass is 16.2. The summed E-state index contributed by atoms with van der Waals surface area (Å²) in [5, 5.41) is 6.51. The van der Waals surface area contributed by atoms with Crippen molar-refractivity contribution in [1.29, 1.82) is 0 Å². The Hall–Kier alpha value is -2.37. The van der Waals surface area contributed by atoms with Crippen LogP contribution in [0.3, 0.4) is 0 Å². The van der Waals surface area contributed by atoms with Crippen molar-refractivity contribution in [3.05, 3.63) is 52.2 Å². The normalized spacial score (nSPS) is 19.6. The number of carbonyl (C=O) groups excluding carboxylic acids is 1. The van der Waals surface area contributed by atoms with Gasteiger partial charge in [-0.3, -0.25) is 9.36 Å². The van der Waals surface area contributed by atoms with Crippen LogP contribution in [-0.2, 0) is 23.3 Å². The maximum atomic E-state index is 13.3. The van der Waals surface area contributed by atoms with Crippen LogP contribution in [-0.4, -0.2) is 32.1 Å². The Kier molecular flexibility index (Phi) is 3.32. The largest absolute Gasteiger partial charge is 0.343 e. The lowest BCUT2D eigenvalue weighted by Crippen LogP contribution is -2.49. The number of carbonyl (C=O) groups is 1. The average molecular weight is 312 g/mol. The summed E-state index contributed by atoms with van der Waals surface area (Å²) in [5.41, 5.74) is 0.526. The van der Waals surface area contributed by atoms with E-state index < -0.39 is 5.41 Å². The van der Waals surface area contributed by atoms with Gasteiger partial charge in [0.2, 0.25) is 5.91 Å². The van der Waals surface area contributed by atoms with E-state index in [1.54, 1.807) is 4.57 Å². The summed E-state index contributed by atoms with van der Waals surface area (Å²) in [6, 6.07) is 10.1. The lowest BCUT2D eigenvalue weighted by molar-refractivity contribution is -0.139. The molecule has 0 saturated heterocycles. The van der Waals surface area contributed by atoms with E-state index in [-0.39, 0.29) is 11.6 Å². The van der Waals surface area contributed by atoms with Gasteiger partial charge in [-0.05, 0) is 18.4 Å². The highest BCUT2D eigenvalue weighted by Crippen LogP contribution is 2.43. The Bertz CT molecular complexity index is 771. The summed E-state index contributed by atoms with van der Waals surface area (Å²) >= 11 is 0. The molecule has 6 nitrogen and oxygen atoms in total. The van der Waals surface area contributed by atoms with Gasteiger partial charge in [0.25, 0.3) is 0 Å². The third kappa shape index (κ3) is 2.20. The fourth-order valence-electron chi connectivity index (χ4n) is 4.01. The number of benzene rings is 1. The molecular formula is C17H20N4O2. The molecule has 2 aliphatic rings. The lowest BCUT2D eigenvalue weighted by atomic mass is 9.77. The predicted molar refractivity (Wildman–Crippen MR) is 84.9 cm³/mol. The molecule has 0 radical (unpaired) electrons. The van der Waals surface area contributed by atoms with Crippen LogP contribution in [0.5, 0.6) is 0 Å². The maximum absolute atomic E-state index is 13.3. The molecule has 4 rings (SSSR count). The van der Waals surface area contributed by atoms with E-state index in [1.165, 1.54) is 0 Å². The molecule has 6 heteroatoms. The lowest BCUT2D eigenvalue weighted by Gasteiger charge is -2.36. The van der Waals surface area contributed by atoms with E-state index >= 15 is 0 Å². The quantitative estimate of drug-likeness (QED) is 0.912. The first-order valence-electron chi connectivity index (χ1n) is 8.20. The van der Waals surface area contributed by atoms with Crippen molar-refractivity contribution in [2.45, 2.75) is 44.2 Å². The number of hydrogen-bond donors (Lipinski definition) is 1. The summed E-state index contributed by atoms with van der Waals surface area (Å²) < 4.78 is 1.62. The topological polar surface area (TPSA) is 71.0 Å². The average Bonchev–Trinajstić information content (AvgIpc) is 3.23. The third-order valence-corrected chi connectivity index (χ3v) is 5.24. The van der Waals surface area contributed by atoms with Gasteiger partial charge in [-0.1, -0.05) is 43.2 Å². The molecule has 0 spiro atoms. The zero-order chi connectivity index (χ0) is 15.9. The summed E-state index contributed by atoms with van der Waals surface area (Å²) in [4.78, 5) is 26.8. The number of aromatic amines is 1. The van der Waals surface area contributed by atoms with E-state index in [0.29, 0.717) is 25.5 Å². The van der Waals surface area contributed by atoms with Crippen LogP contribution >= 0.6 is 0 Å². The molecule has 1 aromatic carbocycles. The Morgan fingerprint density at radius 1 is 1.13 bits per heavy atom. The second-order valence-corrected chi connectivity index (χ2v) is 6.48. The molecule has 1 aliphatic carbocycles. The Morgan fingerprint density at radius 3 is 2.61 bits per heavy atom. The second kappa shape index (κ2) is 5.37. The van der Waals surface area contributed by atoms with Gasteiger partial charge >= 0.3 is 5.69 Å². The highest BCUT2D eigenvalue weighted by Gasteiger charge is 2.45. The number of aromatic nitrogens is 3. The van der Waals surface area contributed by atoms with E-state index in [0.717, 1.165) is 31.2 Å². The molecule has 2 aromatic rings. The van der Waals surface area contributed by atoms with Gasteiger partial charge in [-0.2, -0.15) is 5.10 Å². The van der Waals surface area contributed by atoms with Gasteiger partial charge in [0.1, 0.15) is 0 Å². The standard InChI is InChI=1S/C17H20N4O2/c22-15(20-10-11-21-14(12-20)18-19-16(21)23)17(8-4-5-9-17)13-6-2-1-3-7-13/h1-3,6-7H,4-5,8-12H2,(H,19,23). The molecule has 2 heterocycles. The van der Waals surface area contributed by atoms with Crippen LogP contribution in [0.25, 0.3) is 0 Å². The molecule has 1 aliphatic heterocycles. The van der Waals surface area contributed by atoms with Crippen LogP contribution in [0.15, 0.2) is 35.1 Å². The van der Waals surface area contributed by atoms with Crippen molar-refractivity contribution >= 4 is 5.91 Å². The molecule has 0 unspecified atom stereocenters. The first-order valence-corrected chi connectivity index (χ1v) is 8.20. The van der Waals surface area contributed by atoms with Crippen molar-refractivity contribution in [3.63, 3.8) is 0 Å². The van der Waals surface area contributed by atoms with Crippen LogP contribution < -0.4 is 5.69 Å². The Labute approximate surface area is 134 Å². The molecule has 1 fully saturated rings. The van der Waals surface area contributed by atoms with Gasteiger partial charge < -0.3 is 4.90 Å². The molecular weight excluding hydrogens is 292 g/mol. The Balaban J connectivity index is 1.66. The van der Waals surface area contributed by atoms with E-state index in [1.807, 2.05) is 23.1 Å².